The van der Waals surface area contributed by atoms with Gasteiger partial charge >= 0.3 is 6.18 Å². The number of rotatable bonds is 1. The molecule has 20 heavy (non-hydrogen) atoms. The zero-order valence-electron chi connectivity index (χ0n) is 9.76. The van der Waals surface area contributed by atoms with Gasteiger partial charge in [-0.1, -0.05) is 11.6 Å². The maximum atomic E-state index is 13.2. The van der Waals surface area contributed by atoms with E-state index in [1.165, 1.54) is 35.4 Å². The first-order chi connectivity index (χ1) is 9.47. The van der Waals surface area contributed by atoms with Crippen molar-refractivity contribution in [2.24, 2.45) is 0 Å². The van der Waals surface area contributed by atoms with Crippen molar-refractivity contribution in [3.8, 4) is 11.4 Å². The molecule has 3 aromatic heterocycles. The molecule has 0 saturated heterocycles. The summed E-state index contributed by atoms with van der Waals surface area (Å²) in [5.41, 5.74) is -0.542. The third kappa shape index (κ3) is 2.09. The average Bonchev–Trinajstić information content (AvgIpc) is 2.78. The van der Waals surface area contributed by atoms with Gasteiger partial charge in [0.25, 0.3) is 0 Å². The molecular formula is C12H6ClF3N4. The fourth-order valence-electron chi connectivity index (χ4n) is 1.96. The maximum Gasteiger partial charge on any atom is 0.418 e. The second-order valence-corrected chi connectivity index (χ2v) is 4.39. The molecule has 0 amide bonds. The molecule has 0 aromatic carbocycles. The number of fused-ring (bicyclic) bond motifs is 1. The molecule has 0 aliphatic carbocycles. The highest BCUT2D eigenvalue weighted by molar-refractivity contribution is 6.29. The molecule has 8 heteroatoms. The van der Waals surface area contributed by atoms with E-state index in [0.717, 1.165) is 6.07 Å². The van der Waals surface area contributed by atoms with Crippen molar-refractivity contribution in [2.75, 3.05) is 0 Å². The Morgan fingerprint density at radius 2 is 1.90 bits per heavy atom. The summed E-state index contributed by atoms with van der Waals surface area (Å²) in [4.78, 5) is 11.5. The van der Waals surface area contributed by atoms with Crippen LogP contribution in [0, 0.1) is 0 Å². The first-order valence-corrected chi connectivity index (χ1v) is 5.85. The fourth-order valence-corrected chi connectivity index (χ4v) is 2.11. The van der Waals surface area contributed by atoms with E-state index >= 15 is 0 Å². The zero-order valence-corrected chi connectivity index (χ0v) is 10.5. The van der Waals surface area contributed by atoms with Gasteiger partial charge in [0.15, 0.2) is 0 Å². The Labute approximate surface area is 115 Å². The van der Waals surface area contributed by atoms with Gasteiger partial charge in [0.1, 0.15) is 10.8 Å². The summed E-state index contributed by atoms with van der Waals surface area (Å²) >= 11 is 5.70. The minimum atomic E-state index is -4.51. The molecule has 3 aromatic rings. The maximum absolute atomic E-state index is 13.2. The standard InChI is InChI=1S/C12H6ClF3N4/c13-10-6-18-5-9(19-10)11-8(12(14,15)16)3-7-4-17-1-2-20(7)11/h1-6H. The number of alkyl halides is 3. The first-order valence-electron chi connectivity index (χ1n) is 5.47. The van der Waals surface area contributed by atoms with Crippen LogP contribution in [0.5, 0.6) is 0 Å². The summed E-state index contributed by atoms with van der Waals surface area (Å²) in [7, 11) is 0. The van der Waals surface area contributed by atoms with Gasteiger partial charge in [-0.2, -0.15) is 13.2 Å². The van der Waals surface area contributed by atoms with Gasteiger partial charge in [-0.25, -0.2) is 4.98 Å². The highest BCUT2D eigenvalue weighted by atomic mass is 35.5. The number of nitrogens with zero attached hydrogens (tertiary/aromatic N) is 4. The van der Waals surface area contributed by atoms with E-state index in [4.69, 9.17) is 11.6 Å². The van der Waals surface area contributed by atoms with Crippen molar-refractivity contribution in [3.05, 3.63) is 47.8 Å². The van der Waals surface area contributed by atoms with Gasteiger partial charge in [0, 0.05) is 12.4 Å². The van der Waals surface area contributed by atoms with Gasteiger partial charge in [-0.3, -0.25) is 9.97 Å². The third-order valence-electron chi connectivity index (χ3n) is 2.73. The van der Waals surface area contributed by atoms with Gasteiger partial charge in [-0.15, -0.1) is 0 Å². The van der Waals surface area contributed by atoms with Crippen molar-refractivity contribution in [3.63, 3.8) is 0 Å². The van der Waals surface area contributed by atoms with E-state index in [2.05, 4.69) is 15.0 Å². The van der Waals surface area contributed by atoms with Crippen molar-refractivity contribution in [1.29, 1.82) is 0 Å². The number of hydrogen-bond donors (Lipinski definition) is 0. The molecule has 0 atom stereocenters. The lowest BCUT2D eigenvalue weighted by molar-refractivity contribution is -0.137. The molecule has 0 aliphatic rings. The van der Waals surface area contributed by atoms with E-state index in [9.17, 15) is 13.2 Å². The molecular weight excluding hydrogens is 293 g/mol. The predicted octanol–water partition coefficient (Wildman–Crippen LogP) is 3.46. The average molecular weight is 299 g/mol. The van der Waals surface area contributed by atoms with E-state index in [-0.39, 0.29) is 16.5 Å². The molecule has 3 heterocycles. The lowest BCUT2D eigenvalue weighted by Crippen LogP contribution is -2.06. The van der Waals surface area contributed by atoms with E-state index < -0.39 is 11.7 Å². The normalized spacial score (nSPS) is 12.0. The summed E-state index contributed by atoms with van der Waals surface area (Å²) in [6, 6.07) is 1.02. The van der Waals surface area contributed by atoms with Gasteiger partial charge in [0.05, 0.1) is 35.4 Å². The second kappa shape index (κ2) is 4.45. The molecule has 0 fully saturated rings. The number of halogens is 4. The SMILES string of the molecule is FC(F)(F)c1cc2cnccn2c1-c1cncc(Cl)n1. The summed E-state index contributed by atoms with van der Waals surface area (Å²) in [5, 5.41) is 0.0274. The van der Waals surface area contributed by atoms with E-state index in [0.29, 0.717) is 5.52 Å². The van der Waals surface area contributed by atoms with Crippen LogP contribution in [-0.2, 0) is 6.18 Å². The largest absolute Gasteiger partial charge is 0.418 e. The molecule has 0 N–H and O–H groups in total. The molecule has 3 rings (SSSR count). The van der Waals surface area contributed by atoms with Crippen molar-refractivity contribution >= 4 is 17.1 Å². The van der Waals surface area contributed by atoms with Crippen LogP contribution in [-0.4, -0.2) is 19.4 Å². The zero-order chi connectivity index (χ0) is 14.3. The molecule has 0 aliphatic heterocycles. The Morgan fingerprint density at radius 3 is 2.60 bits per heavy atom. The lowest BCUT2D eigenvalue weighted by Gasteiger charge is -2.08. The second-order valence-electron chi connectivity index (χ2n) is 4.00. The summed E-state index contributed by atoms with van der Waals surface area (Å²) in [6.45, 7) is 0. The van der Waals surface area contributed by atoms with Gasteiger partial charge in [0.2, 0.25) is 0 Å². The molecule has 102 valence electrons. The minimum absolute atomic E-state index is 0.0274. The number of hydrogen-bond acceptors (Lipinski definition) is 3. The Hall–Kier alpha value is -2.15. The monoisotopic (exact) mass is 298 g/mol. The molecule has 4 nitrogen and oxygen atoms in total. The van der Waals surface area contributed by atoms with Crippen LogP contribution in [0.15, 0.2) is 37.1 Å². The Bertz CT molecular complexity index is 782. The highest BCUT2D eigenvalue weighted by Gasteiger charge is 2.36. The van der Waals surface area contributed by atoms with Crippen LogP contribution in [0.2, 0.25) is 5.15 Å². The summed E-state index contributed by atoms with van der Waals surface area (Å²) in [5.74, 6) is 0. The van der Waals surface area contributed by atoms with Crippen molar-refractivity contribution < 1.29 is 13.2 Å². The van der Waals surface area contributed by atoms with Crippen LogP contribution in [0.3, 0.4) is 0 Å². The third-order valence-corrected chi connectivity index (χ3v) is 2.91. The van der Waals surface area contributed by atoms with Crippen LogP contribution in [0.1, 0.15) is 5.56 Å². The van der Waals surface area contributed by atoms with E-state index in [1.807, 2.05) is 0 Å². The minimum Gasteiger partial charge on any atom is -0.311 e. The quantitative estimate of drug-likeness (QED) is 0.691. The van der Waals surface area contributed by atoms with Crippen LogP contribution >= 0.6 is 11.6 Å². The molecule has 0 saturated carbocycles. The van der Waals surface area contributed by atoms with Crippen LogP contribution in [0.4, 0.5) is 13.2 Å². The van der Waals surface area contributed by atoms with E-state index in [1.54, 1.807) is 0 Å². The molecule has 0 bridgehead atoms. The molecule has 0 unspecified atom stereocenters. The topological polar surface area (TPSA) is 43.1 Å². The Morgan fingerprint density at radius 1 is 1.10 bits per heavy atom. The van der Waals surface area contributed by atoms with Crippen LogP contribution in [0.25, 0.3) is 16.9 Å². The summed E-state index contributed by atoms with van der Waals surface area (Å²) < 4.78 is 40.8. The first kappa shape index (κ1) is 12.9. The predicted molar refractivity (Wildman–Crippen MR) is 66.2 cm³/mol. The van der Waals surface area contributed by atoms with Gasteiger partial charge < -0.3 is 4.40 Å². The number of aromatic nitrogens is 4. The molecule has 0 radical (unpaired) electrons. The lowest BCUT2D eigenvalue weighted by atomic mass is 10.2. The highest BCUT2D eigenvalue weighted by Crippen LogP contribution is 2.38. The fraction of sp³-hybridized carbons (Fsp3) is 0.0833. The summed E-state index contributed by atoms with van der Waals surface area (Å²) in [6.07, 6.45) is 2.16. The van der Waals surface area contributed by atoms with Crippen molar-refractivity contribution in [2.45, 2.75) is 6.18 Å². The Kier molecular flexibility index (Phi) is 2.86. The Balaban J connectivity index is 2.37. The smallest absolute Gasteiger partial charge is 0.311 e. The van der Waals surface area contributed by atoms with Crippen molar-refractivity contribution in [1.82, 2.24) is 19.4 Å². The van der Waals surface area contributed by atoms with Crippen LogP contribution < -0.4 is 0 Å². The van der Waals surface area contributed by atoms with Gasteiger partial charge in [-0.05, 0) is 6.07 Å². The molecule has 0 spiro atoms.